The number of nitrogens with zero attached hydrogens (tertiary/aromatic N) is 1. The number of hydrogen-bond acceptors (Lipinski definition) is 4. The quantitative estimate of drug-likeness (QED) is 0.219. The monoisotopic (exact) mass is 503 g/mol. The Morgan fingerprint density at radius 3 is 2.34 bits per heavy atom. The van der Waals surface area contributed by atoms with E-state index in [1.807, 2.05) is 17.6 Å². The fourth-order valence-corrected chi connectivity index (χ4v) is 4.43. The van der Waals surface area contributed by atoms with Gasteiger partial charge in [-0.1, -0.05) is 23.7 Å². The van der Waals surface area contributed by atoms with Crippen LogP contribution in [0.4, 0.5) is 18.9 Å². The molecule has 0 amide bonds. The molecule has 0 fully saturated rings. The molecule has 1 heterocycles. The van der Waals surface area contributed by atoms with Crippen LogP contribution in [0, 0.1) is 0 Å². The van der Waals surface area contributed by atoms with Crippen LogP contribution >= 0.6 is 11.6 Å². The van der Waals surface area contributed by atoms with E-state index in [4.69, 9.17) is 16.7 Å². The summed E-state index contributed by atoms with van der Waals surface area (Å²) in [5, 5.41) is 16.8. The molecular weight excluding hydrogens is 479 g/mol. The maximum atomic E-state index is 13.6. The minimum Gasteiger partial charge on any atom is -0.395 e. The van der Waals surface area contributed by atoms with E-state index in [1.165, 1.54) is 12.1 Å². The number of hydrogen-bond donors (Lipinski definition) is 3. The number of fused-ring (bicyclic) bond motifs is 2. The number of aryl methyl sites for hydroxylation is 1. The van der Waals surface area contributed by atoms with E-state index in [-0.39, 0.29) is 12.0 Å². The van der Waals surface area contributed by atoms with Gasteiger partial charge in [0.2, 0.25) is 0 Å². The molecule has 0 bridgehead atoms. The number of rotatable bonds is 8. The molecule has 0 atom stereocenters. The Bertz CT molecular complexity index is 1420. The number of pyridine rings is 1. The van der Waals surface area contributed by atoms with Gasteiger partial charge in [-0.2, -0.15) is 13.2 Å². The van der Waals surface area contributed by atoms with Gasteiger partial charge in [-0.05, 0) is 60.5 Å². The van der Waals surface area contributed by atoms with Gasteiger partial charge in [0.15, 0.2) is 5.43 Å². The zero-order chi connectivity index (χ0) is 25.2. The van der Waals surface area contributed by atoms with Crippen molar-refractivity contribution in [3.05, 3.63) is 75.4 Å². The number of halogens is 4. The first kappa shape index (κ1) is 25.0. The number of aromatic nitrogens is 1. The van der Waals surface area contributed by atoms with Crippen LogP contribution in [-0.4, -0.2) is 35.9 Å². The molecule has 5 nitrogen and oxygen atoms in total. The standard InChI is InChI=1S/C26H25ClF3N3O2/c1-2-33-22-8-7-19(27)15-20(22)25(35)24-21(32-10-9-31-11-12-34)13-17(14-23(24)33)16-3-5-18(6-4-16)26(28,29)30/h3-8,13-15,31-32,34H,2,9-12H2,1H3. The Labute approximate surface area is 205 Å². The number of aliphatic hydroxyl groups excluding tert-OH is 1. The third-order valence-corrected chi connectivity index (χ3v) is 6.13. The molecule has 3 aromatic carbocycles. The molecule has 0 radical (unpaired) electrons. The van der Waals surface area contributed by atoms with Crippen LogP contribution in [-0.2, 0) is 12.7 Å². The third kappa shape index (κ3) is 5.15. The Morgan fingerprint density at radius 2 is 1.69 bits per heavy atom. The fourth-order valence-electron chi connectivity index (χ4n) is 4.26. The second-order valence-corrected chi connectivity index (χ2v) is 8.56. The van der Waals surface area contributed by atoms with Crippen molar-refractivity contribution >= 4 is 39.1 Å². The first-order chi connectivity index (χ1) is 16.7. The summed E-state index contributed by atoms with van der Waals surface area (Å²) in [5.41, 5.74) is 2.39. The van der Waals surface area contributed by atoms with Crippen LogP contribution < -0.4 is 16.1 Å². The van der Waals surface area contributed by atoms with Crippen LogP contribution in [0.3, 0.4) is 0 Å². The summed E-state index contributed by atoms with van der Waals surface area (Å²) in [5.74, 6) is 0. The molecule has 0 unspecified atom stereocenters. The van der Waals surface area contributed by atoms with Gasteiger partial charge < -0.3 is 20.3 Å². The molecular formula is C26H25ClF3N3O2. The molecule has 0 aliphatic heterocycles. The molecule has 4 aromatic rings. The minimum absolute atomic E-state index is 0.0142. The van der Waals surface area contributed by atoms with Crippen molar-refractivity contribution in [1.82, 2.24) is 9.88 Å². The molecule has 3 N–H and O–H groups in total. The van der Waals surface area contributed by atoms with Gasteiger partial charge in [0, 0.05) is 42.3 Å². The zero-order valence-electron chi connectivity index (χ0n) is 19.0. The average Bonchev–Trinajstić information content (AvgIpc) is 2.83. The summed E-state index contributed by atoms with van der Waals surface area (Å²) in [6.45, 7) is 4.02. The van der Waals surface area contributed by atoms with Crippen LogP contribution in [0.2, 0.25) is 5.02 Å². The smallest absolute Gasteiger partial charge is 0.395 e. The summed E-state index contributed by atoms with van der Waals surface area (Å²) >= 11 is 6.19. The van der Waals surface area contributed by atoms with Gasteiger partial charge in [0.25, 0.3) is 0 Å². The lowest BCUT2D eigenvalue weighted by molar-refractivity contribution is -0.137. The average molecular weight is 504 g/mol. The van der Waals surface area contributed by atoms with Crippen molar-refractivity contribution in [2.75, 3.05) is 31.6 Å². The Morgan fingerprint density at radius 1 is 0.943 bits per heavy atom. The van der Waals surface area contributed by atoms with Gasteiger partial charge in [-0.15, -0.1) is 0 Å². The van der Waals surface area contributed by atoms with Gasteiger partial charge in [-0.3, -0.25) is 4.79 Å². The Hall–Kier alpha value is -3.07. The minimum atomic E-state index is -4.42. The highest BCUT2D eigenvalue weighted by atomic mass is 35.5. The lowest BCUT2D eigenvalue weighted by Crippen LogP contribution is -2.25. The van der Waals surface area contributed by atoms with E-state index in [9.17, 15) is 18.0 Å². The number of aliphatic hydroxyl groups is 1. The molecule has 0 spiro atoms. The second-order valence-electron chi connectivity index (χ2n) is 8.13. The van der Waals surface area contributed by atoms with Crippen molar-refractivity contribution in [3.8, 4) is 11.1 Å². The molecule has 4 rings (SSSR count). The summed E-state index contributed by atoms with van der Waals surface area (Å²) < 4.78 is 41.2. The van der Waals surface area contributed by atoms with Gasteiger partial charge in [0.05, 0.1) is 28.6 Å². The molecule has 0 saturated carbocycles. The highest BCUT2D eigenvalue weighted by molar-refractivity contribution is 6.31. The van der Waals surface area contributed by atoms with E-state index in [0.717, 1.165) is 17.6 Å². The van der Waals surface area contributed by atoms with E-state index in [1.54, 1.807) is 24.3 Å². The fraction of sp³-hybridized carbons (Fsp3) is 0.269. The predicted molar refractivity (Wildman–Crippen MR) is 135 cm³/mol. The number of anilines is 1. The number of benzene rings is 3. The van der Waals surface area contributed by atoms with Crippen LogP contribution in [0.25, 0.3) is 32.9 Å². The van der Waals surface area contributed by atoms with Crippen molar-refractivity contribution in [2.24, 2.45) is 0 Å². The Kier molecular flexibility index (Phi) is 7.35. The first-order valence-corrected chi connectivity index (χ1v) is 11.6. The lowest BCUT2D eigenvalue weighted by Gasteiger charge is -2.19. The predicted octanol–water partition coefficient (Wildman–Crippen LogP) is 5.51. The van der Waals surface area contributed by atoms with Crippen molar-refractivity contribution in [1.29, 1.82) is 0 Å². The summed E-state index contributed by atoms with van der Waals surface area (Å²) in [7, 11) is 0. The molecule has 0 aliphatic rings. The summed E-state index contributed by atoms with van der Waals surface area (Å²) in [6, 6.07) is 13.8. The van der Waals surface area contributed by atoms with E-state index < -0.39 is 11.7 Å². The maximum absolute atomic E-state index is 13.6. The van der Waals surface area contributed by atoms with E-state index in [0.29, 0.717) is 64.3 Å². The van der Waals surface area contributed by atoms with Gasteiger partial charge >= 0.3 is 6.18 Å². The van der Waals surface area contributed by atoms with E-state index in [2.05, 4.69) is 10.6 Å². The molecule has 184 valence electrons. The highest BCUT2D eigenvalue weighted by Gasteiger charge is 2.30. The van der Waals surface area contributed by atoms with Crippen LogP contribution in [0.1, 0.15) is 12.5 Å². The SMILES string of the molecule is CCn1c2ccc(Cl)cc2c(=O)c2c(NCCNCCO)cc(-c3ccc(C(F)(F)F)cc3)cc21. The molecule has 1 aromatic heterocycles. The second kappa shape index (κ2) is 10.3. The topological polar surface area (TPSA) is 66.3 Å². The maximum Gasteiger partial charge on any atom is 0.416 e. The number of nitrogens with one attached hydrogen (secondary N) is 2. The van der Waals surface area contributed by atoms with Crippen molar-refractivity contribution in [3.63, 3.8) is 0 Å². The first-order valence-electron chi connectivity index (χ1n) is 11.3. The molecule has 35 heavy (non-hydrogen) atoms. The van der Waals surface area contributed by atoms with Crippen LogP contribution in [0.15, 0.2) is 59.4 Å². The number of alkyl halides is 3. The van der Waals surface area contributed by atoms with Crippen LogP contribution in [0.5, 0.6) is 0 Å². The van der Waals surface area contributed by atoms with Crippen molar-refractivity contribution < 1.29 is 18.3 Å². The largest absolute Gasteiger partial charge is 0.416 e. The molecule has 0 saturated heterocycles. The molecule has 9 heteroatoms. The summed E-state index contributed by atoms with van der Waals surface area (Å²) in [4.78, 5) is 13.6. The highest BCUT2D eigenvalue weighted by Crippen LogP contribution is 2.34. The van der Waals surface area contributed by atoms with E-state index >= 15 is 0 Å². The molecule has 0 aliphatic carbocycles. The lowest BCUT2D eigenvalue weighted by atomic mass is 9.99. The van der Waals surface area contributed by atoms with Gasteiger partial charge in [0.1, 0.15) is 0 Å². The third-order valence-electron chi connectivity index (χ3n) is 5.90. The van der Waals surface area contributed by atoms with Gasteiger partial charge in [-0.25, -0.2) is 0 Å². The summed E-state index contributed by atoms with van der Waals surface area (Å²) in [6.07, 6.45) is -4.42. The normalized spacial score (nSPS) is 11.9. The van der Waals surface area contributed by atoms with Crippen molar-refractivity contribution in [2.45, 2.75) is 19.6 Å². The zero-order valence-corrected chi connectivity index (χ0v) is 19.8. The Balaban J connectivity index is 1.92.